The second-order valence-electron chi connectivity index (χ2n) is 7.04. The predicted molar refractivity (Wildman–Crippen MR) is 99.4 cm³/mol. The van der Waals surface area contributed by atoms with Crippen LogP contribution in [-0.4, -0.2) is 30.3 Å². The van der Waals surface area contributed by atoms with Gasteiger partial charge in [0.15, 0.2) is 5.81 Å². The SMILES string of the molecule is CC(C)(Cc1ccccc1)NC[C@H](O)c1cccc2c1BC(=O)N2. The number of β-amino-alcohol motifs (C(OH)–C–C–N with tert-alkyl or cyclic N) is 1. The van der Waals surface area contributed by atoms with Gasteiger partial charge in [0.25, 0.3) is 7.28 Å². The van der Waals surface area contributed by atoms with E-state index in [4.69, 9.17) is 0 Å². The van der Waals surface area contributed by atoms with Crippen molar-refractivity contribution in [2.24, 2.45) is 0 Å². The van der Waals surface area contributed by atoms with Crippen LogP contribution in [0.4, 0.5) is 10.5 Å². The smallest absolute Gasteiger partial charge is 0.270 e. The van der Waals surface area contributed by atoms with Crippen molar-refractivity contribution >= 4 is 24.2 Å². The van der Waals surface area contributed by atoms with Gasteiger partial charge in [-0.1, -0.05) is 42.5 Å². The first-order chi connectivity index (χ1) is 11.4. The molecule has 1 heterocycles. The lowest BCUT2D eigenvalue weighted by Gasteiger charge is -2.28. The van der Waals surface area contributed by atoms with Gasteiger partial charge in [-0.3, -0.25) is 4.79 Å². The number of nitrogens with one attached hydrogen (secondary N) is 2. The summed E-state index contributed by atoms with van der Waals surface area (Å²) in [4.78, 5) is 11.6. The number of hydrogen-bond donors (Lipinski definition) is 3. The summed E-state index contributed by atoms with van der Waals surface area (Å²) in [5, 5.41) is 16.9. The normalized spacial score (nSPS) is 14.7. The van der Waals surface area contributed by atoms with Crippen LogP contribution < -0.4 is 16.1 Å². The van der Waals surface area contributed by atoms with Crippen molar-refractivity contribution in [3.8, 4) is 0 Å². The molecule has 1 aliphatic heterocycles. The number of benzene rings is 2. The van der Waals surface area contributed by atoms with Crippen LogP contribution in [0, 0.1) is 0 Å². The molecule has 0 saturated carbocycles. The summed E-state index contributed by atoms with van der Waals surface area (Å²) in [6, 6.07) is 16.0. The monoisotopic (exact) mass is 322 g/mol. The summed E-state index contributed by atoms with van der Waals surface area (Å²) < 4.78 is 0. The molecule has 24 heavy (non-hydrogen) atoms. The van der Waals surface area contributed by atoms with Crippen molar-refractivity contribution in [2.75, 3.05) is 11.9 Å². The zero-order chi connectivity index (χ0) is 17.2. The minimum Gasteiger partial charge on any atom is -0.387 e. The van der Waals surface area contributed by atoms with Gasteiger partial charge in [0, 0.05) is 17.8 Å². The number of aliphatic hydroxyl groups is 1. The molecule has 0 fully saturated rings. The summed E-state index contributed by atoms with van der Waals surface area (Å²) in [6.07, 6.45) is 0.246. The molecule has 3 rings (SSSR count). The van der Waals surface area contributed by atoms with Crippen LogP contribution in [0.5, 0.6) is 0 Å². The van der Waals surface area contributed by atoms with Crippen LogP contribution in [0.1, 0.15) is 31.1 Å². The average Bonchev–Trinajstić information content (AvgIpc) is 2.93. The minimum atomic E-state index is -0.636. The number of hydrogen-bond acceptors (Lipinski definition) is 3. The second kappa shape index (κ2) is 6.79. The topological polar surface area (TPSA) is 61.4 Å². The van der Waals surface area contributed by atoms with Crippen LogP contribution in [0.3, 0.4) is 0 Å². The van der Waals surface area contributed by atoms with Crippen molar-refractivity contribution < 1.29 is 9.90 Å². The van der Waals surface area contributed by atoms with Gasteiger partial charge in [-0.05, 0) is 42.9 Å². The molecule has 124 valence electrons. The highest BCUT2D eigenvalue weighted by Gasteiger charge is 2.26. The molecule has 0 bridgehead atoms. The molecule has 4 nitrogen and oxygen atoms in total. The maximum Gasteiger partial charge on any atom is 0.270 e. The summed E-state index contributed by atoms with van der Waals surface area (Å²) in [5.41, 5.74) is 3.69. The fraction of sp³-hybridized carbons (Fsp3) is 0.316. The van der Waals surface area contributed by atoms with E-state index in [1.54, 1.807) is 0 Å². The zero-order valence-corrected chi connectivity index (χ0v) is 14.2. The molecule has 1 aliphatic rings. The zero-order valence-electron chi connectivity index (χ0n) is 14.2. The largest absolute Gasteiger partial charge is 0.387 e. The molecule has 5 heteroatoms. The molecule has 2 aromatic rings. The van der Waals surface area contributed by atoms with E-state index in [1.165, 1.54) is 5.56 Å². The number of carbonyl (C=O) groups excluding carboxylic acids is 1. The third-order valence-electron chi connectivity index (χ3n) is 4.45. The first-order valence-corrected chi connectivity index (χ1v) is 8.33. The summed E-state index contributed by atoms with van der Waals surface area (Å²) in [5.74, 6) is -0.0120. The van der Waals surface area contributed by atoms with Gasteiger partial charge in [-0.15, -0.1) is 0 Å². The predicted octanol–water partition coefficient (Wildman–Crippen LogP) is 1.94. The number of amides is 1. The minimum absolute atomic E-state index is 0.0120. The molecular weight excluding hydrogens is 299 g/mol. The van der Waals surface area contributed by atoms with Crippen LogP contribution in [0.15, 0.2) is 48.5 Å². The summed E-state index contributed by atoms with van der Waals surface area (Å²) in [7, 11) is 0.343. The Morgan fingerprint density at radius 2 is 1.92 bits per heavy atom. The first kappa shape index (κ1) is 16.7. The molecule has 0 radical (unpaired) electrons. The van der Waals surface area contributed by atoms with Crippen molar-refractivity contribution in [3.63, 3.8) is 0 Å². The maximum absolute atomic E-state index is 11.6. The van der Waals surface area contributed by atoms with Crippen LogP contribution in [0.2, 0.25) is 0 Å². The molecule has 0 spiro atoms. The van der Waals surface area contributed by atoms with E-state index in [-0.39, 0.29) is 11.3 Å². The van der Waals surface area contributed by atoms with Gasteiger partial charge in [-0.25, -0.2) is 0 Å². The van der Waals surface area contributed by atoms with Crippen molar-refractivity contribution in [1.29, 1.82) is 0 Å². The molecule has 0 aromatic heterocycles. The highest BCUT2D eigenvalue weighted by atomic mass is 16.3. The van der Waals surface area contributed by atoms with Crippen LogP contribution >= 0.6 is 0 Å². The van der Waals surface area contributed by atoms with Gasteiger partial charge >= 0.3 is 0 Å². The molecule has 0 saturated heterocycles. The number of aliphatic hydroxyl groups excluding tert-OH is 1. The Bertz CT molecular complexity index is 731. The number of fused-ring (bicyclic) bond motifs is 1. The lowest BCUT2D eigenvalue weighted by Crippen LogP contribution is -2.44. The molecule has 3 N–H and O–H groups in total. The van der Waals surface area contributed by atoms with Gasteiger partial charge in [0.05, 0.1) is 6.10 Å². The van der Waals surface area contributed by atoms with Crippen molar-refractivity contribution in [3.05, 3.63) is 59.7 Å². The molecule has 1 amide bonds. The lowest BCUT2D eigenvalue weighted by atomic mass is 9.69. The second-order valence-corrected chi connectivity index (χ2v) is 7.04. The van der Waals surface area contributed by atoms with E-state index >= 15 is 0 Å². The van der Waals surface area contributed by atoms with Gasteiger partial charge in [0.1, 0.15) is 0 Å². The molecule has 1 atom stereocenters. The Hall–Kier alpha value is -2.11. The van der Waals surface area contributed by atoms with E-state index in [2.05, 4.69) is 36.6 Å². The Morgan fingerprint density at radius 3 is 2.67 bits per heavy atom. The fourth-order valence-corrected chi connectivity index (χ4v) is 3.24. The van der Waals surface area contributed by atoms with E-state index < -0.39 is 6.10 Å². The summed E-state index contributed by atoms with van der Waals surface area (Å²) in [6.45, 7) is 4.71. The first-order valence-electron chi connectivity index (χ1n) is 8.33. The van der Waals surface area contributed by atoms with E-state index in [9.17, 15) is 9.90 Å². The average molecular weight is 322 g/mol. The molecule has 0 aliphatic carbocycles. The molecule has 0 unspecified atom stereocenters. The van der Waals surface area contributed by atoms with Gasteiger partial charge < -0.3 is 15.7 Å². The maximum atomic E-state index is 11.6. The Balaban J connectivity index is 1.65. The van der Waals surface area contributed by atoms with E-state index in [0.717, 1.165) is 23.1 Å². The molecule has 2 aromatic carbocycles. The standard InChI is InChI=1S/C19H23BN2O2/c1-19(2,11-13-7-4-3-5-8-13)21-12-16(23)14-9-6-10-15-17(14)20-18(24)22-15/h3-10,16,20-21,23H,11-12H2,1-2H3,(H,22,24)/t16-/m0/s1. The highest BCUT2D eigenvalue weighted by Crippen LogP contribution is 2.19. The van der Waals surface area contributed by atoms with Gasteiger partial charge in [-0.2, -0.15) is 0 Å². The lowest BCUT2D eigenvalue weighted by molar-refractivity contribution is 0.161. The van der Waals surface area contributed by atoms with Crippen molar-refractivity contribution in [1.82, 2.24) is 5.32 Å². The molecular formula is C19H23BN2O2. The third kappa shape index (κ3) is 3.86. The highest BCUT2D eigenvalue weighted by molar-refractivity contribution is 6.89. The Kier molecular flexibility index (Phi) is 4.74. The Labute approximate surface area is 143 Å². The summed E-state index contributed by atoms with van der Waals surface area (Å²) >= 11 is 0. The van der Waals surface area contributed by atoms with Gasteiger partial charge in [0.2, 0.25) is 0 Å². The Morgan fingerprint density at radius 1 is 1.17 bits per heavy atom. The number of carbonyl (C=O) groups is 1. The van der Waals surface area contributed by atoms with Crippen LogP contribution in [0.25, 0.3) is 0 Å². The van der Waals surface area contributed by atoms with Crippen molar-refractivity contribution in [2.45, 2.75) is 31.9 Å². The number of rotatable bonds is 6. The fourth-order valence-electron chi connectivity index (χ4n) is 3.24. The number of anilines is 1. The van der Waals surface area contributed by atoms with Crippen LogP contribution in [-0.2, 0) is 6.42 Å². The van der Waals surface area contributed by atoms with E-state index in [0.29, 0.717) is 13.8 Å². The van der Waals surface area contributed by atoms with E-state index in [1.807, 2.05) is 36.4 Å². The quantitative estimate of drug-likeness (QED) is 0.712. The third-order valence-corrected chi connectivity index (χ3v) is 4.45.